The van der Waals surface area contributed by atoms with Crippen LogP contribution in [0.15, 0.2) is 27.5 Å². The summed E-state index contributed by atoms with van der Waals surface area (Å²) in [5.41, 5.74) is 2.50. The number of aromatic nitrogens is 2. The zero-order valence-corrected chi connectivity index (χ0v) is 15.4. The smallest absolute Gasteiger partial charge is 0.0701 e. The van der Waals surface area contributed by atoms with E-state index in [4.69, 9.17) is 5.10 Å². The quantitative estimate of drug-likeness (QED) is 0.712. The molecule has 1 N–H and O–H groups in total. The van der Waals surface area contributed by atoms with Crippen molar-refractivity contribution in [2.24, 2.45) is 0 Å². The minimum Gasteiger partial charge on any atom is -0.310 e. The van der Waals surface area contributed by atoms with Gasteiger partial charge in [0.05, 0.1) is 15.5 Å². The minimum atomic E-state index is 0.336. The SMILES string of the molecule is CCNC(Cc1ccn(C(CC)CC)n1)c1csc(Br)c1. The number of rotatable bonds is 8. The molecule has 5 heteroatoms. The van der Waals surface area contributed by atoms with Crippen LogP contribution in [0.4, 0.5) is 0 Å². The summed E-state index contributed by atoms with van der Waals surface area (Å²) < 4.78 is 3.31. The fourth-order valence-electron chi connectivity index (χ4n) is 2.62. The van der Waals surface area contributed by atoms with Gasteiger partial charge in [0.2, 0.25) is 0 Å². The number of halogens is 1. The Morgan fingerprint density at radius 1 is 1.33 bits per heavy atom. The molecule has 0 saturated heterocycles. The molecule has 3 nitrogen and oxygen atoms in total. The zero-order chi connectivity index (χ0) is 15.2. The van der Waals surface area contributed by atoms with Crippen LogP contribution in [0, 0.1) is 0 Å². The third-order valence-electron chi connectivity index (χ3n) is 3.83. The Kier molecular flexibility index (Phi) is 6.45. The van der Waals surface area contributed by atoms with E-state index in [0.29, 0.717) is 12.1 Å². The summed E-state index contributed by atoms with van der Waals surface area (Å²) in [6.45, 7) is 7.56. The molecule has 1 atom stereocenters. The number of hydrogen-bond acceptors (Lipinski definition) is 3. The summed E-state index contributed by atoms with van der Waals surface area (Å²) in [7, 11) is 0. The van der Waals surface area contributed by atoms with Gasteiger partial charge in [0, 0.05) is 18.7 Å². The van der Waals surface area contributed by atoms with E-state index in [1.807, 2.05) is 0 Å². The molecule has 2 heterocycles. The molecule has 0 saturated carbocycles. The van der Waals surface area contributed by atoms with E-state index < -0.39 is 0 Å². The fraction of sp³-hybridized carbons (Fsp3) is 0.562. The lowest BCUT2D eigenvalue weighted by Crippen LogP contribution is -2.22. The highest BCUT2D eigenvalue weighted by atomic mass is 79.9. The van der Waals surface area contributed by atoms with Crippen molar-refractivity contribution < 1.29 is 0 Å². The maximum atomic E-state index is 4.77. The van der Waals surface area contributed by atoms with E-state index in [-0.39, 0.29) is 0 Å². The Balaban J connectivity index is 2.10. The average molecular weight is 370 g/mol. The van der Waals surface area contributed by atoms with Gasteiger partial charge < -0.3 is 5.32 Å². The predicted octanol–water partition coefficient (Wildman–Crippen LogP) is 4.96. The van der Waals surface area contributed by atoms with E-state index in [1.54, 1.807) is 11.3 Å². The standard InChI is InChI=1S/C16H24BrN3S/c1-4-14(5-2)20-8-7-13(19-20)10-15(18-6-3)12-9-16(17)21-11-12/h7-9,11,14-15,18H,4-6,10H2,1-3H3. The molecule has 0 radical (unpaired) electrons. The molecule has 116 valence electrons. The Morgan fingerprint density at radius 3 is 2.67 bits per heavy atom. The molecule has 1 unspecified atom stereocenters. The van der Waals surface area contributed by atoms with Gasteiger partial charge in [-0.25, -0.2) is 0 Å². The van der Waals surface area contributed by atoms with Gasteiger partial charge in [-0.15, -0.1) is 11.3 Å². The zero-order valence-electron chi connectivity index (χ0n) is 13.0. The third-order valence-corrected chi connectivity index (χ3v) is 5.36. The second-order valence-electron chi connectivity index (χ2n) is 5.26. The summed E-state index contributed by atoms with van der Waals surface area (Å²) in [5.74, 6) is 0. The van der Waals surface area contributed by atoms with Gasteiger partial charge in [-0.05, 0) is 58.4 Å². The second-order valence-corrected chi connectivity index (χ2v) is 7.55. The molecule has 2 aromatic heterocycles. The number of nitrogens with zero attached hydrogens (tertiary/aromatic N) is 2. The lowest BCUT2D eigenvalue weighted by atomic mass is 10.1. The molecular formula is C16H24BrN3S. The molecule has 0 aromatic carbocycles. The maximum absolute atomic E-state index is 4.77. The van der Waals surface area contributed by atoms with Crippen LogP contribution < -0.4 is 5.32 Å². The third kappa shape index (κ3) is 4.41. The first kappa shape index (κ1) is 16.7. The molecule has 2 rings (SSSR count). The summed E-state index contributed by atoms with van der Waals surface area (Å²) in [4.78, 5) is 0. The van der Waals surface area contributed by atoms with Crippen LogP contribution in [0.25, 0.3) is 0 Å². The van der Waals surface area contributed by atoms with Gasteiger partial charge >= 0.3 is 0 Å². The highest BCUT2D eigenvalue weighted by Gasteiger charge is 2.15. The first-order chi connectivity index (χ1) is 10.2. The first-order valence-corrected chi connectivity index (χ1v) is 9.36. The molecule has 21 heavy (non-hydrogen) atoms. The van der Waals surface area contributed by atoms with Gasteiger partial charge in [0.15, 0.2) is 0 Å². The highest BCUT2D eigenvalue weighted by molar-refractivity contribution is 9.11. The van der Waals surface area contributed by atoms with Crippen LogP contribution in [0.1, 0.15) is 57.0 Å². The van der Waals surface area contributed by atoms with Crippen LogP contribution in [0.2, 0.25) is 0 Å². The molecule has 0 spiro atoms. The molecular weight excluding hydrogens is 346 g/mol. The molecule has 0 bridgehead atoms. The molecule has 0 aliphatic rings. The van der Waals surface area contributed by atoms with E-state index in [9.17, 15) is 0 Å². The monoisotopic (exact) mass is 369 g/mol. The normalized spacial score (nSPS) is 13.0. The maximum Gasteiger partial charge on any atom is 0.0701 e. The van der Waals surface area contributed by atoms with E-state index in [0.717, 1.165) is 31.5 Å². The van der Waals surface area contributed by atoms with Crippen molar-refractivity contribution in [3.8, 4) is 0 Å². The van der Waals surface area contributed by atoms with Gasteiger partial charge in [-0.3, -0.25) is 4.68 Å². The van der Waals surface area contributed by atoms with Crippen molar-refractivity contribution in [3.63, 3.8) is 0 Å². The first-order valence-electron chi connectivity index (χ1n) is 7.69. The summed E-state index contributed by atoms with van der Waals surface area (Å²) in [6, 6.07) is 5.22. The highest BCUT2D eigenvalue weighted by Crippen LogP contribution is 2.27. The molecule has 2 aromatic rings. The number of likely N-dealkylation sites (N-methyl/N-ethyl adjacent to an activating group) is 1. The van der Waals surface area contributed by atoms with Gasteiger partial charge in [0.1, 0.15) is 0 Å². The summed E-state index contributed by atoms with van der Waals surface area (Å²) in [5, 5.41) is 10.6. The van der Waals surface area contributed by atoms with Crippen LogP contribution in [0.3, 0.4) is 0 Å². The predicted molar refractivity (Wildman–Crippen MR) is 94.0 cm³/mol. The van der Waals surface area contributed by atoms with Crippen LogP contribution in [-0.4, -0.2) is 16.3 Å². The van der Waals surface area contributed by atoms with Gasteiger partial charge in [-0.1, -0.05) is 20.8 Å². The Hall–Kier alpha value is -0.650. The van der Waals surface area contributed by atoms with E-state index in [2.05, 4.69) is 70.4 Å². The number of thiophene rings is 1. The van der Waals surface area contributed by atoms with Crippen LogP contribution in [-0.2, 0) is 6.42 Å². The summed E-state index contributed by atoms with van der Waals surface area (Å²) in [6.07, 6.45) is 5.32. The van der Waals surface area contributed by atoms with Crippen molar-refractivity contribution >= 4 is 27.3 Å². The Bertz CT molecular complexity index is 545. The van der Waals surface area contributed by atoms with Crippen molar-refractivity contribution in [1.82, 2.24) is 15.1 Å². The Labute approximate surface area is 139 Å². The minimum absolute atomic E-state index is 0.336. The van der Waals surface area contributed by atoms with Crippen LogP contribution in [0.5, 0.6) is 0 Å². The molecule has 0 fully saturated rings. The van der Waals surface area contributed by atoms with Gasteiger partial charge in [0.25, 0.3) is 0 Å². The molecule has 0 amide bonds. The number of nitrogens with one attached hydrogen (secondary N) is 1. The van der Waals surface area contributed by atoms with Crippen molar-refractivity contribution in [2.75, 3.05) is 6.54 Å². The van der Waals surface area contributed by atoms with Crippen molar-refractivity contribution in [1.29, 1.82) is 0 Å². The van der Waals surface area contributed by atoms with Crippen LogP contribution >= 0.6 is 27.3 Å². The summed E-state index contributed by atoms with van der Waals surface area (Å²) >= 11 is 5.29. The van der Waals surface area contributed by atoms with Gasteiger partial charge in [-0.2, -0.15) is 5.10 Å². The van der Waals surface area contributed by atoms with Crippen molar-refractivity contribution in [2.45, 2.75) is 52.1 Å². The molecule has 0 aliphatic carbocycles. The molecule has 0 aliphatic heterocycles. The number of hydrogen-bond donors (Lipinski definition) is 1. The topological polar surface area (TPSA) is 29.9 Å². The fourth-order valence-corrected chi connectivity index (χ4v) is 3.85. The average Bonchev–Trinajstić information content (AvgIpc) is 3.09. The second kappa shape index (κ2) is 8.11. The van der Waals surface area contributed by atoms with E-state index >= 15 is 0 Å². The Morgan fingerprint density at radius 2 is 2.10 bits per heavy atom. The largest absolute Gasteiger partial charge is 0.310 e. The lowest BCUT2D eigenvalue weighted by Gasteiger charge is -2.16. The lowest BCUT2D eigenvalue weighted by molar-refractivity contribution is 0.422. The van der Waals surface area contributed by atoms with E-state index in [1.165, 1.54) is 9.35 Å². The van der Waals surface area contributed by atoms with Crippen molar-refractivity contribution in [3.05, 3.63) is 38.8 Å².